The van der Waals surface area contributed by atoms with Crippen molar-refractivity contribution in [3.63, 3.8) is 0 Å². The minimum atomic E-state index is -0.140. The van der Waals surface area contributed by atoms with Crippen molar-refractivity contribution < 1.29 is 4.52 Å². The monoisotopic (exact) mass is 453 g/mol. The van der Waals surface area contributed by atoms with E-state index in [0.717, 1.165) is 5.56 Å². The lowest BCUT2D eigenvalue weighted by Gasteiger charge is -2.32. The van der Waals surface area contributed by atoms with Crippen LogP contribution in [0.5, 0.6) is 0 Å². The van der Waals surface area contributed by atoms with Crippen molar-refractivity contribution in [1.29, 1.82) is 0 Å². The van der Waals surface area contributed by atoms with Crippen LogP contribution in [0.3, 0.4) is 0 Å². The summed E-state index contributed by atoms with van der Waals surface area (Å²) < 4.78 is 5.47. The third kappa shape index (κ3) is 4.78. The molecule has 0 bridgehead atoms. The molecule has 0 saturated heterocycles. The summed E-state index contributed by atoms with van der Waals surface area (Å²) in [5.74, 6) is 1.92. The van der Waals surface area contributed by atoms with Crippen molar-refractivity contribution in [2.75, 3.05) is 0 Å². The Morgan fingerprint density at radius 1 is 0.941 bits per heavy atom. The van der Waals surface area contributed by atoms with Crippen LogP contribution in [0.4, 0.5) is 0 Å². The van der Waals surface area contributed by atoms with E-state index in [1.165, 1.54) is 47.6 Å². The molecule has 176 valence electrons. The standard InChI is InChI=1S/C30H35N3O/c1-20(26-14-8-10-22-9-5-6-13-27(22)26)31-25-12-7-11-24(19-25)21-15-17-23(18-16-21)28-32-29(34-33-28)30(2,3)4/h5-6,8-10,13-18,20,24-25,31H,7,11-12,19H2,1-4H3. The molecule has 1 heterocycles. The largest absolute Gasteiger partial charge is 0.338 e. The molecule has 0 spiro atoms. The lowest BCUT2D eigenvalue weighted by atomic mass is 9.80. The average molecular weight is 454 g/mol. The highest BCUT2D eigenvalue weighted by Gasteiger charge is 2.26. The van der Waals surface area contributed by atoms with Gasteiger partial charge < -0.3 is 9.84 Å². The topological polar surface area (TPSA) is 51.0 Å². The molecule has 3 atom stereocenters. The van der Waals surface area contributed by atoms with E-state index in [1.54, 1.807) is 0 Å². The average Bonchev–Trinajstić information content (AvgIpc) is 3.35. The van der Waals surface area contributed by atoms with Crippen LogP contribution in [0.25, 0.3) is 22.2 Å². The molecule has 4 heteroatoms. The zero-order chi connectivity index (χ0) is 23.7. The van der Waals surface area contributed by atoms with Gasteiger partial charge in [0, 0.05) is 23.1 Å². The molecule has 1 fully saturated rings. The first-order valence-corrected chi connectivity index (χ1v) is 12.6. The Labute approximate surface area is 202 Å². The fraction of sp³-hybridized carbons (Fsp3) is 0.400. The molecule has 5 rings (SSSR count). The van der Waals surface area contributed by atoms with Gasteiger partial charge in [-0.3, -0.25) is 0 Å². The third-order valence-corrected chi connectivity index (χ3v) is 7.16. The van der Waals surface area contributed by atoms with Gasteiger partial charge in [-0.15, -0.1) is 0 Å². The molecule has 0 aliphatic heterocycles. The molecule has 1 aliphatic rings. The van der Waals surface area contributed by atoms with E-state index in [0.29, 0.717) is 29.7 Å². The predicted octanol–water partition coefficient (Wildman–Crippen LogP) is 7.56. The molecular formula is C30H35N3O. The van der Waals surface area contributed by atoms with Gasteiger partial charge in [-0.25, -0.2) is 0 Å². The zero-order valence-electron chi connectivity index (χ0n) is 20.7. The van der Waals surface area contributed by atoms with E-state index in [9.17, 15) is 0 Å². The Balaban J connectivity index is 1.26. The SMILES string of the molecule is CC(NC1CCCC(c2ccc(-c3noc(C(C)(C)C)n3)cc2)C1)c1cccc2ccccc12. The van der Waals surface area contributed by atoms with Crippen molar-refractivity contribution in [1.82, 2.24) is 15.5 Å². The Bertz CT molecular complexity index is 1250. The summed E-state index contributed by atoms with van der Waals surface area (Å²) in [7, 11) is 0. The molecule has 1 aromatic heterocycles. The minimum Gasteiger partial charge on any atom is -0.338 e. The van der Waals surface area contributed by atoms with Gasteiger partial charge >= 0.3 is 0 Å². The number of hydrogen-bond donors (Lipinski definition) is 1. The van der Waals surface area contributed by atoms with Crippen LogP contribution >= 0.6 is 0 Å². The third-order valence-electron chi connectivity index (χ3n) is 7.16. The van der Waals surface area contributed by atoms with E-state index < -0.39 is 0 Å². The maximum absolute atomic E-state index is 5.47. The van der Waals surface area contributed by atoms with Crippen LogP contribution in [0.1, 0.15) is 82.4 Å². The summed E-state index contributed by atoms with van der Waals surface area (Å²) in [4.78, 5) is 4.60. The maximum atomic E-state index is 5.47. The number of nitrogens with zero attached hydrogens (tertiary/aromatic N) is 2. The maximum Gasteiger partial charge on any atom is 0.232 e. The molecular weight excluding hydrogens is 418 g/mol. The fourth-order valence-corrected chi connectivity index (χ4v) is 5.27. The number of fused-ring (bicyclic) bond motifs is 1. The number of aromatic nitrogens is 2. The van der Waals surface area contributed by atoms with Gasteiger partial charge in [-0.05, 0) is 54.0 Å². The summed E-state index contributed by atoms with van der Waals surface area (Å²) in [6, 6.07) is 25.0. The molecule has 0 radical (unpaired) electrons. The Morgan fingerprint density at radius 3 is 2.47 bits per heavy atom. The fourth-order valence-electron chi connectivity index (χ4n) is 5.27. The highest BCUT2D eigenvalue weighted by Crippen LogP contribution is 2.35. The lowest BCUT2D eigenvalue weighted by Crippen LogP contribution is -2.35. The van der Waals surface area contributed by atoms with Gasteiger partial charge in [0.2, 0.25) is 11.7 Å². The van der Waals surface area contributed by atoms with E-state index >= 15 is 0 Å². The number of nitrogens with one attached hydrogen (secondary N) is 1. The van der Waals surface area contributed by atoms with E-state index in [4.69, 9.17) is 4.52 Å². The molecule has 3 unspecified atom stereocenters. The number of rotatable bonds is 5. The second-order valence-corrected chi connectivity index (χ2v) is 10.8. The van der Waals surface area contributed by atoms with Crippen molar-refractivity contribution in [2.45, 2.75) is 76.8 Å². The van der Waals surface area contributed by atoms with Crippen molar-refractivity contribution in [3.05, 3.63) is 83.7 Å². The molecule has 1 N–H and O–H groups in total. The van der Waals surface area contributed by atoms with Gasteiger partial charge in [0.1, 0.15) is 0 Å². The summed E-state index contributed by atoms with van der Waals surface area (Å²) in [6.07, 6.45) is 4.91. The van der Waals surface area contributed by atoms with Crippen LogP contribution < -0.4 is 5.32 Å². The second kappa shape index (κ2) is 9.34. The van der Waals surface area contributed by atoms with E-state index in [2.05, 4.69) is 110 Å². The quantitative estimate of drug-likeness (QED) is 0.339. The molecule has 0 amide bonds. The summed E-state index contributed by atoms with van der Waals surface area (Å²) >= 11 is 0. The van der Waals surface area contributed by atoms with Crippen LogP contribution in [-0.2, 0) is 5.41 Å². The molecule has 3 aromatic carbocycles. The first-order valence-electron chi connectivity index (χ1n) is 12.6. The van der Waals surface area contributed by atoms with Gasteiger partial charge in [0.15, 0.2) is 0 Å². The molecule has 1 saturated carbocycles. The van der Waals surface area contributed by atoms with E-state index in [1.807, 2.05) is 0 Å². The second-order valence-electron chi connectivity index (χ2n) is 10.8. The van der Waals surface area contributed by atoms with E-state index in [-0.39, 0.29) is 5.41 Å². The van der Waals surface area contributed by atoms with Crippen LogP contribution in [0.15, 0.2) is 71.3 Å². The van der Waals surface area contributed by atoms with Crippen LogP contribution in [0, 0.1) is 0 Å². The normalized spacial score (nSPS) is 19.9. The molecule has 1 aliphatic carbocycles. The van der Waals surface area contributed by atoms with Gasteiger partial charge in [0.25, 0.3) is 0 Å². The van der Waals surface area contributed by atoms with Gasteiger partial charge in [0.05, 0.1) is 0 Å². The first kappa shape index (κ1) is 22.8. The lowest BCUT2D eigenvalue weighted by molar-refractivity contribution is 0.319. The molecule has 4 aromatic rings. The van der Waals surface area contributed by atoms with Gasteiger partial charge in [-0.2, -0.15) is 4.98 Å². The Hall–Kier alpha value is -2.98. The number of hydrogen-bond acceptors (Lipinski definition) is 4. The van der Waals surface area contributed by atoms with Gasteiger partial charge in [-0.1, -0.05) is 99.1 Å². The van der Waals surface area contributed by atoms with Crippen LogP contribution in [-0.4, -0.2) is 16.2 Å². The summed E-state index contributed by atoms with van der Waals surface area (Å²) in [6.45, 7) is 8.56. The van der Waals surface area contributed by atoms with Crippen molar-refractivity contribution in [2.24, 2.45) is 0 Å². The Kier molecular flexibility index (Phi) is 6.26. The smallest absolute Gasteiger partial charge is 0.232 e. The van der Waals surface area contributed by atoms with Crippen molar-refractivity contribution in [3.8, 4) is 11.4 Å². The minimum absolute atomic E-state index is 0.140. The first-order chi connectivity index (χ1) is 16.4. The Morgan fingerprint density at radius 2 is 1.71 bits per heavy atom. The summed E-state index contributed by atoms with van der Waals surface area (Å²) in [5, 5.41) is 10.8. The summed E-state index contributed by atoms with van der Waals surface area (Å²) in [5.41, 5.74) is 3.67. The predicted molar refractivity (Wildman–Crippen MR) is 139 cm³/mol. The highest BCUT2D eigenvalue weighted by molar-refractivity contribution is 5.86. The number of benzene rings is 3. The molecule has 34 heavy (non-hydrogen) atoms. The van der Waals surface area contributed by atoms with Crippen molar-refractivity contribution >= 4 is 10.8 Å². The highest BCUT2D eigenvalue weighted by atomic mass is 16.5. The van der Waals surface area contributed by atoms with Crippen LogP contribution in [0.2, 0.25) is 0 Å². The molecule has 4 nitrogen and oxygen atoms in total. The zero-order valence-corrected chi connectivity index (χ0v) is 20.7.